The maximum absolute atomic E-state index is 14.0. The molecule has 4 rings (SSSR count). The molecule has 35 heavy (non-hydrogen) atoms. The molecule has 1 saturated heterocycles. The fourth-order valence-electron chi connectivity index (χ4n) is 4.74. The van der Waals surface area contributed by atoms with Crippen molar-refractivity contribution in [2.45, 2.75) is 52.5 Å². The molecule has 188 valence electrons. The van der Waals surface area contributed by atoms with Gasteiger partial charge in [0.1, 0.15) is 11.6 Å². The van der Waals surface area contributed by atoms with Crippen LogP contribution in [0.1, 0.15) is 46.0 Å². The second-order valence-corrected chi connectivity index (χ2v) is 9.76. The van der Waals surface area contributed by atoms with Gasteiger partial charge in [-0.3, -0.25) is 4.79 Å². The number of rotatable bonds is 11. The van der Waals surface area contributed by atoms with E-state index in [1.54, 1.807) is 12.1 Å². The fourth-order valence-corrected chi connectivity index (χ4v) is 4.74. The summed E-state index contributed by atoms with van der Waals surface area (Å²) in [7, 11) is 1.44. The molecule has 0 amide bonds. The topological polar surface area (TPSA) is 56.6 Å². The minimum Gasteiger partial charge on any atom is -0.494 e. The Morgan fingerprint density at radius 2 is 1.91 bits per heavy atom. The van der Waals surface area contributed by atoms with E-state index in [0.717, 1.165) is 29.7 Å². The maximum Gasteiger partial charge on any atom is 0.165 e. The molecule has 0 spiro atoms. The van der Waals surface area contributed by atoms with Gasteiger partial charge in [0.2, 0.25) is 0 Å². The van der Waals surface area contributed by atoms with Crippen LogP contribution in [0.2, 0.25) is 0 Å². The molecule has 0 saturated carbocycles. The number of nitrogens with zero attached hydrogens (tertiary/aromatic N) is 3. The molecule has 1 aliphatic heterocycles. The zero-order valence-electron chi connectivity index (χ0n) is 21.1. The molecule has 0 aliphatic carbocycles. The van der Waals surface area contributed by atoms with E-state index in [0.29, 0.717) is 24.4 Å². The summed E-state index contributed by atoms with van der Waals surface area (Å²) in [6.45, 7) is 8.36. The molecule has 1 fully saturated rings. The number of piperidine rings is 1. The van der Waals surface area contributed by atoms with Crippen molar-refractivity contribution in [2.24, 2.45) is 5.92 Å². The molecule has 0 atom stereocenters. The number of hydrogen-bond donors (Lipinski definition) is 0. The van der Waals surface area contributed by atoms with E-state index < -0.39 is 5.82 Å². The molecule has 6 nitrogen and oxygen atoms in total. The first-order chi connectivity index (χ1) is 16.9. The Bertz CT molecular complexity index is 1150. The summed E-state index contributed by atoms with van der Waals surface area (Å²) in [5.41, 5.74) is 2.29. The molecule has 2 heterocycles. The molecule has 0 radical (unpaired) electrons. The molecule has 2 aromatic carbocycles. The number of methoxy groups -OCH3 is 1. The normalized spacial score (nSPS) is 14.5. The summed E-state index contributed by atoms with van der Waals surface area (Å²) >= 11 is 0. The summed E-state index contributed by atoms with van der Waals surface area (Å²) in [5.74, 6) is 1.49. The highest BCUT2D eigenvalue weighted by Crippen LogP contribution is 2.31. The van der Waals surface area contributed by atoms with E-state index in [9.17, 15) is 9.18 Å². The smallest absolute Gasteiger partial charge is 0.165 e. The predicted octanol–water partition coefficient (Wildman–Crippen LogP) is 5.72. The van der Waals surface area contributed by atoms with Crippen molar-refractivity contribution in [2.75, 3.05) is 33.4 Å². The Morgan fingerprint density at radius 1 is 1.11 bits per heavy atom. The molecular formula is C28H36FN3O3. The lowest BCUT2D eigenvalue weighted by molar-refractivity contribution is -0.120. The number of benzene rings is 2. The number of imidazole rings is 1. The number of carbonyl (C=O) groups excluding carboxylic acids is 1. The molecule has 0 unspecified atom stereocenters. The maximum atomic E-state index is 14.0. The van der Waals surface area contributed by atoms with Gasteiger partial charge in [-0.15, -0.1) is 0 Å². The van der Waals surface area contributed by atoms with Crippen molar-refractivity contribution in [3.05, 3.63) is 42.2 Å². The van der Waals surface area contributed by atoms with Gasteiger partial charge in [-0.25, -0.2) is 9.37 Å². The van der Waals surface area contributed by atoms with Gasteiger partial charge in [0.15, 0.2) is 17.3 Å². The molecule has 0 N–H and O–H groups in total. The van der Waals surface area contributed by atoms with Crippen molar-refractivity contribution in [1.82, 2.24) is 14.5 Å². The molecule has 3 aromatic rings. The van der Waals surface area contributed by atoms with Gasteiger partial charge >= 0.3 is 0 Å². The number of likely N-dealkylation sites (tertiary alicyclic amines) is 1. The van der Waals surface area contributed by atoms with Gasteiger partial charge in [-0.05, 0) is 68.6 Å². The second-order valence-electron chi connectivity index (χ2n) is 9.76. The zero-order chi connectivity index (χ0) is 24.8. The summed E-state index contributed by atoms with van der Waals surface area (Å²) < 4.78 is 27.2. The summed E-state index contributed by atoms with van der Waals surface area (Å²) in [5, 5.41) is 0. The minimum absolute atomic E-state index is 0.132. The third-order valence-corrected chi connectivity index (χ3v) is 6.44. The summed E-state index contributed by atoms with van der Waals surface area (Å²) in [6, 6.07) is 10.5. The van der Waals surface area contributed by atoms with E-state index in [1.807, 2.05) is 36.6 Å². The SMILES string of the molecule is COc1cc(-c2nc3cc(OCCCN4CCCCC4)ccc3n2CC(=O)CC(C)C)ccc1F. The molecule has 1 aromatic heterocycles. The molecule has 0 bridgehead atoms. The van der Waals surface area contributed by atoms with Crippen molar-refractivity contribution in [1.29, 1.82) is 0 Å². The van der Waals surface area contributed by atoms with Gasteiger partial charge in [0.05, 0.1) is 31.3 Å². The number of ketones is 1. The van der Waals surface area contributed by atoms with Crippen molar-refractivity contribution in [3.8, 4) is 22.9 Å². The van der Waals surface area contributed by atoms with E-state index >= 15 is 0 Å². The van der Waals surface area contributed by atoms with Crippen LogP contribution in [-0.2, 0) is 11.3 Å². The summed E-state index contributed by atoms with van der Waals surface area (Å²) in [6.07, 6.45) is 5.40. The van der Waals surface area contributed by atoms with Gasteiger partial charge in [-0.1, -0.05) is 20.3 Å². The van der Waals surface area contributed by atoms with Crippen LogP contribution in [0.4, 0.5) is 4.39 Å². The monoisotopic (exact) mass is 481 g/mol. The van der Waals surface area contributed by atoms with Gasteiger partial charge in [0, 0.05) is 24.6 Å². The average molecular weight is 482 g/mol. The lowest BCUT2D eigenvalue weighted by Gasteiger charge is -2.26. The number of ether oxygens (including phenoxy) is 2. The van der Waals surface area contributed by atoms with Gasteiger partial charge in [0.25, 0.3) is 0 Å². The van der Waals surface area contributed by atoms with Crippen molar-refractivity contribution < 1.29 is 18.7 Å². The van der Waals surface area contributed by atoms with Crippen LogP contribution >= 0.6 is 0 Å². The van der Waals surface area contributed by atoms with Gasteiger partial charge in [-0.2, -0.15) is 0 Å². The molecule has 7 heteroatoms. The van der Waals surface area contributed by atoms with E-state index in [-0.39, 0.29) is 24.0 Å². The standard InChI is InChI=1S/C28H36FN3O3/c1-20(2)16-22(33)19-32-26-11-9-23(35-15-7-14-31-12-5-4-6-13-31)18-25(26)30-28(32)21-8-10-24(29)27(17-21)34-3/h8-11,17-18,20H,4-7,12-16,19H2,1-3H3. The van der Waals surface area contributed by atoms with Crippen molar-refractivity contribution in [3.63, 3.8) is 0 Å². The minimum atomic E-state index is -0.435. The van der Waals surface area contributed by atoms with Crippen LogP contribution in [0.5, 0.6) is 11.5 Å². The highest BCUT2D eigenvalue weighted by Gasteiger charge is 2.18. The average Bonchev–Trinajstić information content (AvgIpc) is 3.19. The first kappa shape index (κ1) is 25.2. The highest BCUT2D eigenvalue weighted by atomic mass is 19.1. The van der Waals surface area contributed by atoms with E-state index in [2.05, 4.69) is 4.90 Å². The Kier molecular flexibility index (Phi) is 8.39. The predicted molar refractivity (Wildman–Crippen MR) is 137 cm³/mol. The third-order valence-electron chi connectivity index (χ3n) is 6.44. The number of carbonyl (C=O) groups is 1. The van der Waals surface area contributed by atoms with Crippen molar-refractivity contribution >= 4 is 16.8 Å². The Morgan fingerprint density at radius 3 is 2.66 bits per heavy atom. The third kappa shape index (κ3) is 6.40. The highest BCUT2D eigenvalue weighted by molar-refractivity contribution is 5.86. The van der Waals surface area contributed by atoms with Crippen LogP contribution in [-0.4, -0.2) is 53.6 Å². The lowest BCUT2D eigenvalue weighted by atomic mass is 10.1. The quantitative estimate of drug-likeness (QED) is 0.328. The van der Waals surface area contributed by atoms with Crippen LogP contribution in [0.3, 0.4) is 0 Å². The van der Waals surface area contributed by atoms with Crippen LogP contribution < -0.4 is 9.47 Å². The number of fused-ring (bicyclic) bond motifs is 1. The molecular weight excluding hydrogens is 445 g/mol. The Hall–Kier alpha value is -2.93. The second kappa shape index (κ2) is 11.7. The van der Waals surface area contributed by atoms with E-state index in [1.165, 1.54) is 45.5 Å². The largest absolute Gasteiger partial charge is 0.494 e. The lowest BCUT2D eigenvalue weighted by Crippen LogP contribution is -2.31. The van der Waals surface area contributed by atoms with E-state index in [4.69, 9.17) is 14.5 Å². The zero-order valence-corrected chi connectivity index (χ0v) is 21.1. The number of halogens is 1. The molecule has 1 aliphatic rings. The van der Waals surface area contributed by atoms with Crippen LogP contribution in [0, 0.1) is 11.7 Å². The van der Waals surface area contributed by atoms with Gasteiger partial charge < -0.3 is 18.9 Å². The number of Topliss-reactive ketones (excluding diaryl/α,β-unsaturated/α-hetero) is 1. The van der Waals surface area contributed by atoms with Crippen LogP contribution in [0.25, 0.3) is 22.4 Å². The van der Waals surface area contributed by atoms with Crippen LogP contribution in [0.15, 0.2) is 36.4 Å². The Balaban J connectivity index is 1.56. The summed E-state index contributed by atoms with van der Waals surface area (Å²) in [4.78, 5) is 20.1. The fraction of sp³-hybridized carbons (Fsp3) is 0.500. The number of hydrogen-bond acceptors (Lipinski definition) is 5. The number of aromatic nitrogens is 2. The Labute approximate surface area is 207 Å². The first-order valence-electron chi connectivity index (χ1n) is 12.7. The first-order valence-corrected chi connectivity index (χ1v) is 12.7.